The van der Waals surface area contributed by atoms with Crippen LogP contribution in [-0.4, -0.2) is 53.3 Å². The first-order valence-corrected chi connectivity index (χ1v) is 10.6. The van der Waals surface area contributed by atoms with Gasteiger partial charge in [-0.15, -0.1) is 12.4 Å². The Morgan fingerprint density at radius 2 is 1.61 bits per heavy atom. The van der Waals surface area contributed by atoms with Crippen molar-refractivity contribution in [2.24, 2.45) is 5.73 Å². The second-order valence-corrected chi connectivity index (χ2v) is 7.52. The molecule has 1 aromatic heterocycles. The van der Waals surface area contributed by atoms with Crippen LogP contribution in [0.4, 0.5) is 0 Å². The third-order valence-corrected chi connectivity index (χ3v) is 4.83. The molecule has 0 saturated heterocycles. The van der Waals surface area contributed by atoms with Crippen molar-refractivity contribution in [3.63, 3.8) is 0 Å². The average molecular weight is 472 g/mol. The van der Waals surface area contributed by atoms with Gasteiger partial charge in [-0.1, -0.05) is 30.3 Å². The second kappa shape index (κ2) is 14.1. The summed E-state index contributed by atoms with van der Waals surface area (Å²) in [7, 11) is 0. The molecule has 3 aromatic rings. The van der Waals surface area contributed by atoms with Gasteiger partial charge in [0.1, 0.15) is 24.2 Å². The van der Waals surface area contributed by atoms with Gasteiger partial charge in [-0.3, -0.25) is 14.7 Å². The van der Waals surface area contributed by atoms with E-state index < -0.39 is 12.0 Å². The van der Waals surface area contributed by atoms with Crippen molar-refractivity contribution in [1.29, 1.82) is 0 Å². The van der Waals surface area contributed by atoms with Crippen LogP contribution >= 0.6 is 12.4 Å². The third-order valence-electron chi connectivity index (χ3n) is 4.83. The molecule has 33 heavy (non-hydrogen) atoms. The predicted molar refractivity (Wildman–Crippen MR) is 130 cm³/mol. The Kier molecular flexibility index (Phi) is 11.2. The number of amides is 1. The van der Waals surface area contributed by atoms with Crippen LogP contribution in [0.3, 0.4) is 0 Å². The molecule has 7 nitrogen and oxygen atoms in total. The van der Waals surface area contributed by atoms with Crippen molar-refractivity contribution in [2.75, 3.05) is 26.3 Å². The Labute approximate surface area is 200 Å². The van der Waals surface area contributed by atoms with E-state index in [0.29, 0.717) is 18.8 Å². The van der Waals surface area contributed by atoms with Crippen molar-refractivity contribution < 1.29 is 19.4 Å². The number of rotatable bonds is 13. The highest BCUT2D eigenvalue weighted by atomic mass is 35.5. The maximum absolute atomic E-state index is 10.8. The number of halogens is 1. The number of aliphatic hydroxyl groups is 1. The maximum atomic E-state index is 10.8. The van der Waals surface area contributed by atoms with Crippen molar-refractivity contribution in [1.82, 2.24) is 9.88 Å². The van der Waals surface area contributed by atoms with E-state index in [0.717, 1.165) is 29.8 Å². The molecule has 1 atom stereocenters. The van der Waals surface area contributed by atoms with Gasteiger partial charge in [0.2, 0.25) is 0 Å². The minimum Gasteiger partial charge on any atom is -0.491 e. The van der Waals surface area contributed by atoms with E-state index >= 15 is 0 Å². The summed E-state index contributed by atoms with van der Waals surface area (Å²) in [5.74, 6) is 0.844. The average Bonchev–Trinajstić information content (AvgIpc) is 2.82. The monoisotopic (exact) mass is 471 g/mol. The number of aliphatic hydroxyl groups excluding tert-OH is 1. The quantitative estimate of drug-likeness (QED) is 0.398. The summed E-state index contributed by atoms with van der Waals surface area (Å²) in [6.07, 6.45) is 3.72. The van der Waals surface area contributed by atoms with E-state index in [1.54, 1.807) is 12.4 Å². The highest BCUT2D eigenvalue weighted by molar-refractivity contribution is 5.85. The fraction of sp³-hybridized carbons (Fsp3) is 0.280. The lowest BCUT2D eigenvalue weighted by Crippen LogP contribution is -2.36. The smallest absolute Gasteiger partial charge is 0.255 e. The zero-order valence-corrected chi connectivity index (χ0v) is 19.2. The molecule has 3 rings (SSSR count). The summed E-state index contributed by atoms with van der Waals surface area (Å²) in [6, 6.07) is 21.0. The summed E-state index contributed by atoms with van der Waals surface area (Å²) in [5, 5.41) is 10.6. The standard InChI is InChI=1S/C25H29N3O4.ClH/c26-25(30)19-32-24-8-6-20(7-9-24)12-15-28(16-21-10-13-27-14-11-21)17-22(29)18-31-23-4-2-1-3-5-23;/h1-11,13-14,22,29H,12,15-19H2,(H2,26,30);1H. The Morgan fingerprint density at radius 1 is 0.939 bits per heavy atom. The number of carbonyl (C=O) groups is 1. The SMILES string of the molecule is Cl.NC(=O)COc1ccc(CCN(Cc2ccncc2)CC(O)COc2ccccc2)cc1. The van der Waals surface area contributed by atoms with Gasteiger partial charge < -0.3 is 20.3 Å². The molecule has 1 unspecified atom stereocenters. The van der Waals surface area contributed by atoms with E-state index in [9.17, 15) is 9.90 Å². The summed E-state index contributed by atoms with van der Waals surface area (Å²) in [5.41, 5.74) is 7.37. The van der Waals surface area contributed by atoms with E-state index in [-0.39, 0.29) is 25.6 Å². The number of nitrogens with two attached hydrogens (primary N) is 1. The first kappa shape index (κ1) is 26.1. The lowest BCUT2D eigenvalue weighted by atomic mass is 10.1. The summed E-state index contributed by atoms with van der Waals surface area (Å²) in [6.45, 7) is 2.02. The highest BCUT2D eigenvalue weighted by Gasteiger charge is 2.14. The topological polar surface area (TPSA) is 97.9 Å². The van der Waals surface area contributed by atoms with Crippen LogP contribution in [0.1, 0.15) is 11.1 Å². The van der Waals surface area contributed by atoms with Crippen LogP contribution in [0.5, 0.6) is 11.5 Å². The van der Waals surface area contributed by atoms with Crippen molar-refractivity contribution >= 4 is 18.3 Å². The number of hydrogen-bond acceptors (Lipinski definition) is 6. The molecule has 0 aliphatic rings. The first-order valence-electron chi connectivity index (χ1n) is 10.6. The Bertz CT molecular complexity index is 943. The number of pyridine rings is 1. The normalized spacial score (nSPS) is 11.5. The second-order valence-electron chi connectivity index (χ2n) is 7.52. The minimum atomic E-state index is -0.624. The van der Waals surface area contributed by atoms with Gasteiger partial charge in [0.15, 0.2) is 6.61 Å². The molecule has 2 aromatic carbocycles. The number of primary amides is 1. The maximum Gasteiger partial charge on any atom is 0.255 e. The predicted octanol–water partition coefficient (Wildman–Crippen LogP) is 2.85. The van der Waals surface area contributed by atoms with Crippen LogP contribution < -0.4 is 15.2 Å². The Hall–Kier alpha value is -3.13. The number of aromatic nitrogens is 1. The van der Waals surface area contributed by atoms with Gasteiger partial charge in [0.25, 0.3) is 5.91 Å². The molecule has 1 amide bonds. The third kappa shape index (κ3) is 9.91. The van der Waals surface area contributed by atoms with Crippen LogP contribution in [0.25, 0.3) is 0 Å². The highest BCUT2D eigenvalue weighted by Crippen LogP contribution is 2.14. The lowest BCUT2D eigenvalue weighted by Gasteiger charge is -2.25. The van der Waals surface area contributed by atoms with Gasteiger partial charge in [-0.2, -0.15) is 0 Å². The van der Waals surface area contributed by atoms with E-state index in [2.05, 4.69) is 9.88 Å². The van der Waals surface area contributed by atoms with Gasteiger partial charge in [-0.05, 0) is 53.9 Å². The van der Waals surface area contributed by atoms with Crippen molar-refractivity contribution in [3.05, 3.63) is 90.3 Å². The molecular formula is C25H30ClN3O4. The summed E-state index contributed by atoms with van der Waals surface area (Å²) in [4.78, 5) is 17.1. The van der Waals surface area contributed by atoms with E-state index in [1.807, 2.05) is 66.7 Å². The number of benzene rings is 2. The fourth-order valence-corrected chi connectivity index (χ4v) is 3.24. The summed E-state index contributed by atoms with van der Waals surface area (Å²) < 4.78 is 11.0. The van der Waals surface area contributed by atoms with Gasteiger partial charge in [0, 0.05) is 32.0 Å². The van der Waals surface area contributed by atoms with E-state index in [1.165, 1.54) is 0 Å². The number of carbonyl (C=O) groups excluding carboxylic acids is 1. The Morgan fingerprint density at radius 3 is 2.27 bits per heavy atom. The zero-order chi connectivity index (χ0) is 22.6. The van der Waals surface area contributed by atoms with Crippen LogP contribution in [0, 0.1) is 0 Å². The van der Waals surface area contributed by atoms with Crippen molar-refractivity contribution in [2.45, 2.75) is 19.1 Å². The zero-order valence-electron chi connectivity index (χ0n) is 18.4. The van der Waals surface area contributed by atoms with Crippen molar-refractivity contribution in [3.8, 4) is 11.5 Å². The number of nitrogens with zero attached hydrogens (tertiary/aromatic N) is 2. The molecule has 1 heterocycles. The molecule has 0 fully saturated rings. The Balaban J connectivity index is 0.00000385. The minimum absolute atomic E-state index is 0. The van der Waals surface area contributed by atoms with Gasteiger partial charge >= 0.3 is 0 Å². The molecule has 0 saturated carbocycles. The number of hydrogen-bond donors (Lipinski definition) is 2. The molecule has 0 radical (unpaired) electrons. The lowest BCUT2D eigenvalue weighted by molar-refractivity contribution is -0.119. The number of para-hydroxylation sites is 1. The number of ether oxygens (including phenoxy) is 2. The molecule has 0 aliphatic carbocycles. The fourth-order valence-electron chi connectivity index (χ4n) is 3.24. The molecular weight excluding hydrogens is 442 g/mol. The van der Waals surface area contributed by atoms with Crippen LogP contribution in [0.15, 0.2) is 79.1 Å². The van der Waals surface area contributed by atoms with Gasteiger partial charge in [0.05, 0.1) is 0 Å². The van der Waals surface area contributed by atoms with E-state index in [4.69, 9.17) is 15.2 Å². The molecule has 176 valence electrons. The molecule has 8 heteroatoms. The molecule has 0 spiro atoms. The molecule has 0 bridgehead atoms. The van der Waals surface area contributed by atoms with Crippen LogP contribution in [-0.2, 0) is 17.8 Å². The summed E-state index contributed by atoms with van der Waals surface area (Å²) >= 11 is 0. The largest absolute Gasteiger partial charge is 0.491 e. The van der Waals surface area contributed by atoms with Crippen LogP contribution in [0.2, 0.25) is 0 Å². The molecule has 3 N–H and O–H groups in total. The molecule has 0 aliphatic heterocycles. The van der Waals surface area contributed by atoms with Gasteiger partial charge in [-0.25, -0.2) is 0 Å². The first-order chi connectivity index (χ1) is 15.6.